The monoisotopic (exact) mass is 333 g/mol. The Hall–Kier alpha value is -1.95. The number of nitrogens with one attached hydrogen (secondary N) is 3. The summed E-state index contributed by atoms with van der Waals surface area (Å²) in [5.41, 5.74) is 1.01. The van der Waals surface area contributed by atoms with Crippen molar-refractivity contribution in [2.75, 3.05) is 6.79 Å². The Bertz CT molecular complexity index is 612. The van der Waals surface area contributed by atoms with Crippen LogP contribution in [0.4, 0.5) is 4.79 Å². The van der Waals surface area contributed by atoms with E-state index in [9.17, 15) is 4.79 Å². The standard InChI is InChI=1S/C18H27N3O3/c1-17(2)8-13(9-18(3,4)21-17)20-16(22)19-10-12-5-6-14-15(7-12)24-11-23-14/h5-7,13,21H,8-11H2,1-4H3,(H2,19,20,22). The zero-order valence-corrected chi connectivity index (χ0v) is 14.9. The van der Waals surface area contributed by atoms with Gasteiger partial charge in [0.2, 0.25) is 6.79 Å². The van der Waals surface area contributed by atoms with Crippen molar-refractivity contribution in [2.45, 2.75) is 64.2 Å². The summed E-state index contributed by atoms with van der Waals surface area (Å²) in [4.78, 5) is 12.2. The molecule has 3 rings (SSSR count). The van der Waals surface area contributed by atoms with Crippen molar-refractivity contribution in [3.63, 3.8) is 0 Å². The van der Waals surface area contributed by atoms with Gasteiger partial charge in [0.15, 0.2) is 11.5 Å². The summed E-state index contributed by atoms with van der Waals surface area (Å²) in [6.07, 6.45) is 1.82. The first-order valence-corrected chi connectivity index (χ1v) is 8.45. The van der Waals surface area contributed by atoms with E-state index in [-0.39, 0.29) is 29.9 Å². The summed E-state index contributed by atoms with van der Waals surface area (Å²) >= 11 is 0. The second-order valence-corrected chi connectivity index (χ2v) is 8.01. The molecule has 1 aromatic carbocycles. The average molecular weight is 333 g/mol. The van der Waals surface area contributed by atoms with Crippen molar-refractivity contribution in [1.82, 2.24) is 16.0 Å². The molecule has 2 heterocycles. The molecular formula is C18H27N3O3. The first-order valence-electron chi connectivity index (χ1n) is 8.45. The molecule has 0 saturated carbocycles. The van der Waals surface area contributed by atoms with Crippen LogP contribution in [0.5, 0.6) is 11.5 Å². The van der Waals surface area contributed by atoms with Gasteiger partial charge in [0.25, 0.3) is 0 Å². The highest BCUT2D eigenvalue weighted by Crippen LogP contribution is 2.32. The highest BCUT2D eigenvalue weighted by Gasteiger charge is 2.38. The molecular weight excluding hydrogens is 306 g/mol. The quantitative estimate of drug-likeness (QED) is 0.795. The Morgan fingerprint density at radius 3 is 2.54 bits per heavy atom. The average Bonchev–Trinajstić information content (AvgIpc) is 2.89. The van der Waals surface area contributed by atoms with E-state index in [0.717, 1.165) is 29.9 Å². The largest absolute Gasteiger partial charge is 0.454 e. The number of carbonyl (C=O) groups is 1. The molecule has 0 unspecified atom stereocenters. The lowest BCUT2D eigenvalue weighted by Gasteiger charge is -2.46. The van der Waals surface area contributed by atoms with Crippen LogP contribution in [-0.4, -0.2) is 29.9 Å². The van der Waals surface area contributed by atoms with Crippen molar-refractivity contribution in [3.8, 4) is 11.5 Å². The third kappa shape index (κ3) is 4.12. The SMILES string of the molecule is CC1(C)CC(NC(=O)NCc2ccc3c(c2)OCO3)CC(C)(C)N1. The molecule has 0 aromatic heterocycles. The van der Waals surface area contributed by atoms with Crippen molar-refractivity contribution in [1.29, 1.82) is 0 Å². The number of urea groups is 1. The second-order valence-electron chi connectivity index (χ2n) is 8.01. The van der Waals surface area contributed by atoms with E-state index in [1.54, 1.807) is 0 Å². The van der Waals surface area contributed by atoms with Crippen LogP contribution in [0, 0.1) is 0 Å². The molecule has 3 N–H and O–H groups in total. The van der Waals surface area contributed by atoms with E-state index in [4.69, 9.17) is 9.47 Å². The van der Waals surface area contributed by atoms with Crippen LogP contribution in [0.15, 0.2) is 18.2 Å². The molecule has 6 nitrogen and oxygen atoms in total. The van der Waals surface area contributed by atoms with Crippen LogP contribution in [0.25, 0.3) is 0 Å². The summed E-state index contributed by atoms with van der Waals surface area (Å²) in [5.74, 6) is 1.49. The molecule has 1 fully saturated rings. The van der Waals surface area contributed by atoms with E-state index in [1.165, 1.54) is 0 Å². The molecule has 24 heavy (non-hydrogen) atoms. The van der Waals surface area contributed by atoms with Gasteiger partial charge in [0.05, 0.1) is 0 Å². The van der Waals surface area contributed by atoms with Gasteiger partial charge in [0.1, 0.15) is 0 Å². The fourth-order valence-corrected chi connectivity index (χ4v) is 3.89. The van der Waals surface area contributed by atoms with Crippen molar-refractivity contribution >= 4 is 6.03 Å². The van der Waals surface area contributed by atoms with Gasteiger partial charge in [-0.2, -0.15) is 0 Å². The zero-order valence-electron chi connectivity index (χ0n) is 14.9. The highest BCUT2D eigenvalue weighted by molar-refractivity contribution is 5.74. The number of carbonyl (C=O) groups excluding carboxylic acids is 1. The third-order valence-corrected chi connectivity index (χ3v) is 4.42. The van der Waals surface area contributed by atoms with E-state index in [2.05, 4.69) is 43.6 Å². The van der Waals surface area contributed by atoms with Crippen LogP contribution in [-0.2, 0) is 6.54 Å². The van der Waals surface area contributed by atoms with Gasteiger partial charge in [-0.15, -0.1) is 0 Å². The highest BCUT2D eigenvalue weighted by atomic mass is 16.7. The molecule has 0 atom stereocenters. The summed E-state index contributed by atoms with van der Waals surface area (Å²) in [6.45, 7) is 9.41. The minimum atomic E-state index is -0.133. The van der Waals surface area contributed by atoms with Gasteiger partial charge < -0.3 is 25.4 Å². The Balaban J connectivity index is 1.52. The summed E-state index contributed by atoms with van der Waals surface area (Å²) in [5, 5.41) is 9.65. The number of hydrogen-bond acceptors (Lipinski definition) is 4. The van der Waals surface area contributed by atoms with Gasteiger partial charge >= 0.3 is 6.03 Å². The molecule has 0 bridgehead atoms. The van der Waals surface area contributed by atoms with Crippen molar-refractivity contribution < 1.29 is 14.3 Å². The predicted octanol–water partition coefficient (Wildman–Crippen LogP) is 2.52. The van der Waals surface area contributed by atoms with E-state index < -0.39 is 0 Å². The smallest absolute Gasteiger partial charge is 0.315 e. The predicted molar refractivity (Wildman–Crippen MR) is 92.3 cm³/mol. The number of amides is 2. The molecule has 2 amide bonds. The number of fused-ring (bicyclic) bond motifs is 1. The minimum absolute atomic E-state index is 0.0109. The topological polar surface area (TPSA) is 71.6 Å². The van der Waals surface area contributed by atoms with Crippen LogP contribution in [0.2, 0.25) is 0 Å². The molecule has 1 aromatic rings. The molecule has 6 heteroatoms. The number of piperidine rings is 1. The fraction of sp³-hybridized carbons (Fsp3) is 0.611. The maximum Gasteiger partial charge on any atom is 0.315 e. The van der Waals surface area contributed by atoms with E-state index in [0.29, 0.717) is 6.54 Å². The number of hydrogen-bond donors (Lipinski definition) is 3. The normalized spacial score (nSPS) is 21.3. The number of benzene rings is 1. The summed E-state index contributed by atoms with van der Waals surface area (Å²) in [6, 6.07) is 5.73. The van der Waals surface area contributed by atoms with Crippen LogP contribution in [0.3, 0.4) is 0 Å². The van der Waals surface area contributed by atoms with Crippen LogP contribution < -0.4 is 25.4 Å². The molecule has 2 aliphatic heterocycles. The maximum atomic E-state index is 12.2. The Kier molecular flexibility index (Phi) is 4.34. The minimum Gasteiger partial charge on any atom is -0.454 e. The van der Waals surface area contributed by atoms with Gasteiger partial charge in [-0.1, -0.05) is 6.07 Å². The molecule has 0 radical (unpaired) electrons. The lowest BCUT2D eigenvalue weighted by Crippen LogP contribution is -2.62. The molecule has 0 aliphatic carbocycles. The van der Waals surface area contributed by atoms with Crippen LogP contribution >= 0.6 is 0 Å². The maximum absolute atomic E-state index is 12.2. The van der Waals surface area contributed by atoms with Crippen LogP contribution in [0.1, 0.15) is 46.1 Å². The zero-order chi connectivity index (χ0) is 17.4. The van der Waals surface area contributed by atoms with E-state index in [1.807, 2.05) is 18.2 Å². The second kappa shape index (κ2) is 6.16. The van der Waals surface area contributed by atoms with Gasteiger partial charge in [-0.25, -0.2) is 4.79 Å². The van der Waals surface area contributed by atoms with Gasteiger partial charge in [-0.3, -0.25) is 0 Å². The Morgan fingerprint density at radius 1 is 1.17 bits per heavy atom. The summed E-state index contributed by atoms with van der Waals surface area (Å²) < 4.78 is 10.6. The van der Waals surface area contributed by atoms with Crippen molar-refractivity contribution in [2.24, 2.45) is 0 Å². The fourth-order valence-electron chi connectivity index (χ4n) is 3.89. The lowest BCUT2D eigenvalue weighted by molar-refractivity contribution is 0.147. The third-order valence-electron chi connectivity index (χ3n) is 4.42. The molecule has 132 valence electrons. The first-order chi connectivity index (χ1) is 11.2. The molecule has 0 spiro atoms. The lowest BCUT2D eigenvalue weighted by atomic mass is 9.80. The molecule has 2 aliphatic rings. The number of ether oxygens (including phenoxy) is 2. The first kappa shape index (κ1) is 16.9. The van der Waals surface area contributed by atoms with E-state index >= 15 is 0 Å². The summed E-state index contributed by atoms with van der Waals surface area (Å²) in [7, 11) is 0. The Labute approximate surface area is 143 Å². The number of rotatable bonds is 3. The van der Waals surface area contributed by atoms with Gasteiger partial charge in [0, 0.05) is 23.7 Å². The molecule has 1 saturated heterocycles. The van der Waals surface area contributed by atoms with Gasteiger partial charge in [-0.05, 0) is 58.2 Å². The Morgan fingerprint density at radius 2 is 1.83 bits per heavy atom. The van der Waals surface area contributed by atoms with Crippen molar-refractivity contribution in [3.05, 3.63) is 23.8 Å².